The number of hydrogen-bond donors (Lipinski definition) is 0. The van der Waals surface area contributed by atoms with E-state index in [2.05, 4.69) is 27.7 Å². The third-order valence-corrected chi connectivity index (χ3v) is 5.56. The van der Waals surface area contributed by atoms with Crippen molar-refractivity contribution in [2.45, 2.75) is 6.42 Å². The summed E-state index contributed by atoms with van der Waals surface area (Å²) in [6.45, 7) is 0. The van der Waals surface area contributed by atoms with Crippen molar-refractivity contribution >= 4 is 55.0 Å². The van der Waals surface area contributed by atoms with Gasteiger partial charge in [0.25, 0.3) is 0 Å². The Kier molecular flexibility index (Phi) is 2.93. The maximum atomic E-state index is 5.68. The number of fused-ring (bicyclic) bond motifs is 1. The highest BCUT2D eigenvalue weighted by molar-refractivity contribution is 7.30. The summed E-state index contributed by atoms with van der Waals surface area (Å²) < 4.78 is 2.66. The van der Waals surface area contributed by atoms with Crippen molar-refractivity contribution in [1.29, 1.82) is 0 Å². The fourth-order valence-corrected chi connectivity index (χ4v) is 4.69. The molecular weight excluding hydrogens is 280 g/mol. The van der Waals surface area contributed by atoms with Gasteiger partial charge in [0.15, 0.2) is 5.01 Å². The highest BCUT2D eigenvalue weighted by Crippen LogP contribution is 2.37. The van der Waals surface area contributed by atoms with Gasteiger partial charge in [-0.1, -0.05) is 11.3 Å². The number of hydrogen-bond acceptors (Lipinski definition) is 5. The minimum absolute atomic E-state index is 0.605. The molecule has 82 valence electrons. The number of aryl methyl sites for hydroxylation is 1. The zero-order chi connectivity index (χ0) is 11.0. The number of nitrogens with zero attached hydrogens (tertiary/aromatic N) is 2. The minimum Gasteiger partial charge on any atom is -0.143 e. The van der Waals surface area contributed by atoms with Gasteiger partial charge in [0.1, 0.15) is 5.01 Å². The van der Waals surface area contributed by atoms with E-state index in [1.807, 2.05) is 0 Å². The van der Waals surface area contributed by atoms with Crippen LogP contribution in [0.25, 0.3) is 19.3 Å². The van der Waals surface area contributed by atoms with Gasteiger partial charge in [-0.2, -0.15) is 0 Å². The van der Waals surface area contributed by atoms with Gasteiger partial charge in [-0.3, -0.25) is 0 Å². The highest BCUT2D eigenvalue weighted by atomic mass is 35.5. The van der Waals surface area contributed by atoms with Crippen LogP contribution in [0.5, 0.6) is 0 Å². The number of alkyl halides is 1. The molecule has 3 aromatic rings. The van der Waals surface area contributed by atoms with Gasteiger partial charge in [0.2, 0.25) is 0 Å². The molecule has 0 spiro atoms. The maximum absolute atomic E-state index is 5.68. The first-order chi connectivity index (χ1) is 7.86. The number of thiophene rings is 2. The molecule has 3 rings (SSSR count). The molecule has 2 nitrogen and oxygen atoms in total. The monoisotopic (exact) mass is 286 g/mol. The molecule has 0 aromatic carbocycles. The molecule has 0 atom stereocenters. The van der Waals surface area contributed by atoms with Gasteiger partial charge in [-0.05, 0) is 17.5 Å². The molecule has 0 saturated heterocycles. The van der Waals surface area contributed by atoms with Crippen LogP contribution in [-0.4, -0.2) is 16.1 Å². The Morgan fingerprint density at radius 1 is 1.19 bits per heavy atom. The van der Waals surface area contributed by atoms with Crippen LogP contribution in [-0.2, 0) is 6.42 Å². The zero-order valence-corrected chi connectivity index (χ0v) is 11.3. The molecule has 0 unspecified atom stereocenters. The predicted octanol–water partition coefficient (Wildman–Crippen LogP) is 4.26. The molecular formula is C10H7ClN2S3. The molecule has 16 heavy (non-hydrogen) atoms. The summed E-state index contributed by atoms with van der Waals surface area (Å²) >= 11 is 10.9. The fraction of sp³-hybridized carbons (Fsp3) is 0.200. The van der Waals surface area contributed by atoms with Crippen molar-refractivity contribution in [2.75, 3.05) is 5.88 Å². The summed E-state index contributed by atoms with van der Waals surface area (Å²) in [5, 5.41) is 12.5. The number of aromatic nitrogens is 2. The van der Waals surface area contributed by atoms with E-state index in [0.717, 1.165) is 16.4 Å². The van der Waals surface area contributed by atoms with Gasteiger partial charge in [0, 0.05) is 21.7 Å². The van der Waals surface area contributed by atoms with Crippen LogP contribution >= 0.6 is 45.6 Å². The molecule has 0 radical (unpaired) electrons. The molecule has 3 heterocycles. The smallest absolute Gasteiger partial charge is 0.143 e. The molecule has 0 N–H and O–H groups in total. The van der Waals surface area contributed by atoms with E-state index < -0.39 is 0 Å². The second-order valence-electron chi connectivity index (χ2n) is 3.20. The third-order valence-electron chi connectivity index (χ3n) is 2.13. The highest BCUT2D eigenvalue weighted by Gasteiger charge is 2.10. The topological polar surface area (TPSA) is 25.8 Å². The SMILES string of the molecule is ClCCc1nnc(-c2cc3sccc3s2)s1. The van der Waals surface area contributed by atoms with Gasteiger partial charge in [0.05, 0.1) is 4.88 Å². The fourth-order valence-electron chi connectivity index (χ4n) is 1.41. The summed E-state index contributed by atoms with van der Waals surface area (Å²) in [6, 6.07) is 4.34. The number of halogens is 1. The van der Waals surface area contributed by atoms with E-state index >= 15 is 0 Å². The van der Waals surface area contributed by atoms with E-state index in [1.165, 1.54) is 14.3 Å². The van der Waals surface area contributed by atoms with Crippen LogP contribution < -0.4 is 0 Å². The molecule has 0 bridgehead atoms. The number of rotatable bonds is 3. The Balaban J connectivity index is 1.98. The Bertz CT molecular complexity index is 582. The normalized spacial score (nSPS) is 11.3. The van der Waals surface area contributed by atoms with Crippen molar-refractivity contribution in [2.24, 2.45) is 0 Å². The minimum atomic E-state index is 0.605. The zero-order valence-electron chi connectivity index (χ0n) is 8.14. The average molecular weight is 287 g/mol. The lowest BCUT2D eigenvalue weighted by molar-refractivity contribution is 0.991. The Hall–Kier alpha value is -0.490. The third kappa shape index (κ3) is 1.88. The van der Waals surface area contributed by atoms with Crippen LogP contribution in [0.1, 0.15) is 5.01 Å². The standard InChI is InChI=1S/C10H7ClN2S3/c11-3-1-9-12-13-10(16-9)8-5-7-6(15-8)2-4-14-7/h2,4-5H,1,3H2. The van der Waals surface area contributed by atoms with Crippen molar-refractivity contribution in [3.8, 4) is 9.88 Å². The summed E-state index contributed by atoms with van der Waals surface area (Å²) in [4.78, 5) is 1.21. The van der Waals surface area contributed by atoms with E-state index in [0.29, 0.717) is 5.88 Å². The van der Waals surface area contributed by atoms with Crippen molar-refractivity contribution in [3.05, 3.63) is 22.5 Å². The van der Waals surface area contributed by atoms with Crippen LogP contribution in [0.4, 0.5) is 0 Å². The van der Waals surface area contributed by atoms with Crippen molar-refractivity contribution < 1.29 is 0 Å². The molecule has 0 aliphatic rings. The summed E-state index contributed by atoms with van der Waals surface area (Å²) in [5.74, 6) is 0.605. The van der Waals surface area contributed by atoms with Crippen molar-refractivity contribution in [3.63, 3.8) is 0 Å². The second kappa shape index (κ2) is 4.41. The summed E-state index contributed by atoms with van der Waals surface area (Å²) in [6.07, 6.45) is 0.805. The Morgan fingerprint density at radius 3 is 2.94 bits per heavy atom. The Labute approximate surface area is 110 Å². The molecule has 0 saturated carbocycles. The van der Waals surface area contributed by atoms with Gasteiger partial charge >= 0.3 is 0 Å². The molecule has 0 fully saturated rings. The summed E-state index contributed by atoms with van der Waals surface area (Å²) in [7, 11) is 0. The molecule has 0 aliphatic heterocycles. The first kappa shape index (κ1) is 10.7. The molecule has 6 heteroatoms. The van der Waals surface area contributed by atoms with Crippen LogP contribution in [0.2, 0.25) is 0 Å². The lowest BCUT2D eigenvalue weighted by Gasteiger charge is -1.85. The van der Waals surface area contributed by atoms with Crippen molar-refractivity contribution in [1.82, 2.24) is 10.2 Å². The second-order valence-corrected chi connectivity index (χ2v) is 6.67. The van der Waals surface area contributed by atoms with Gasteiger partial charge in [-0.25, -0.2) is 0 Å². The first-order valence-electron chi connectivity index (χ1n) is 4.72. The van der Waals surface area contributed by atoms with Gasteiger partial charge < -0.3 is 0 Å². The lowest BCUT2D eigenvalue weighted by Crippen LogP contribution is -1.82. The average Bonchev–Trinajstić information content (AvgIpc) is 2.88. The van der Waals surface area contributed by atoms with Crippen LogP contribution in [0.15, 0.2) is 17.5 Å². The lowest BCUT2D eigenvalue weighted by atomic mass is 10.4. The van der Waals surface area contributed by atoms with E-state index in [9.17, 15) is 0 Å². The molecule has 0 amide bonds. The van der Waals surface area contributed by atoms with E-state index in [-0.39, 0.29) is 0 Å². The van der Waals surface area contributed by atoms with E-state index in [1.54, 1.807) is 34.0 Å². The van der Waals surface area contributed by atoms with Crippen LogP contribution in [0, 0.1) is 0 Å². The van der Waals surface area contributed by atoms with Gasteiger partial charge in [-0.15, -0.1) is 44.5 Å². The van der Waals surface area contributed by atoms with E-state index in [4.69, 9.17) is 11.6 Å². The maximum Gasteiger partial charge on any atom is 0.157 e. The summed E-state index contributed by atoms with van der Waals surface area (Å²) in [5.41, 5.74) is 0. The molecule has 3 aromatic heterocycles. The first-order valence-corrected chi connectivity index (χ1v) is 7.77. The quantitative estimate of drug-likeness (QED) is 0.672. The molecule has 0 aliphatic carbocycles. The predicted molar refractivity (Wildman–Crippen MR) is 73.0 cm³/mol. The van der Waals surface area contributed by atoms with Crippen LogP contribution in [0.3, 0.4) is 0 Å². The Morgan fingerprint density at radius 2 is 2.12 bits per heavy atom. The largest absolute Gasteiger partial charge is 0.157 e.